The molecule has 2 N–H and O–H groups in total. The van der Waals surface area contributed by atoms with Crippen LogP contribution < -0.4 is 15.5 Å². The van der Waals surface area contributed by atoms with E-state index in [1.165, 1.54) is 0 Å². The minimum atomic E-state index is 0. The summed E-state index contributed by atoms with van der Waals surface area (Å²) < 4.78 is 5.81. The van der Waals surface area contributed by atoms with Gasteiger partial charge in [-0.1, -0.05) is 19.1 Å². The number of piperazine rings is 1. The number of ether oxygens (including phenoxy) is 1. The average molecular weight is 510 g/mol. The van der Waals surface area contributed by atoms with Gasteiger partial charge in [-0.15, -0.1) is 0 Å². The van der Waals surface area contributed by atoms with Gasteiger partial charge in [-0.3, -0.25) is 9.78 Å². The van der Waals surface area contributed by atoms with Gasteiger partial charge in [0.1, 0.15) is 5.52 Å². The highest BCUT2D eigenvalue weighted by atomic mass is 32.1. The number of fused-ring (bicyclic) bond motifs is 1. The largest absolute Gasteiger partial charge is 0.374 e. The first-order valence-corrected chi connectivity index (χ1v) is 12.5. The topological polar surface area (TPSA) is 95.5 Å². The van der Waals surface area contributed by atoms with E-state index in [0.717, 1.165) is 86.1 Å². The molecule has 4 heterocycles. The molecule has 0 aliphatic carbocycles. The molecule has 2 fully saturated rings. The van der Waals surface area contributed by atoms with Crippen LogP contribution in [0.3, 0.4) is 0 Å². The van der Waals surface area contributed by atoms with E-state index in [-0.39, 0.29) is 25.5 Å². The van der Waals surface area contributed by atoms with Crippen LogP contribution in [0.1, 0.15) is 19.8 Å². The summed E-state index contributed by atoms with van der Waals surface area (Å²) in [7, 11) is 0. The van der Waals surface area contributed by atoms with Crippen LogP contribution in [-0.4, -0.2) is 84.3 Å². The quantitative estimate of drug-likeness (QED) is 0.502. The molecule has 2 aliphatic rings. The molecule has 0 saturated carbocycles. The molecule has 2 aromatic heterocycles. The maximum Gasteiger partial charge on any atom is 0.222 e. The lowest BCUT2D eigenvalue weighted by atomic mass is 10.1. The number of hydrogen-bond donors (Lipinski definition) is 2. The Kier molecular flexibility index (Phi) is 8.95. The molecule has 36 heavy (non-hydrogen) atoms. The molecule has 1 amide bonds. The zero-order chi connectivity index (χ0) is 24.0. The number of benzene rings is 1. The van der Waals surface area contributed by atoms with E-state index in [9.17, 15) is 4.79 Å². The van der Waals surface area contributed by atoms with Crippen molar-refractivity contribution in [2.75, 3.05) is 62.6 Å². The number of rotatable bonds is 7. The second-order valence-corrected chi connectivity index (χ2v) is 9.02. The Hall–Kier alpha value is -2.95. The van der Waals surface area contributed by atoms with Crippen molar-refractivity contribution < 1.29 is 9.53 Å². The van der Waals surface area contributed by atoms with Crippen molar-refractivity contribution in [3.8, 4) is 11.3 Å². The maximum atomic E-state index is 12.2. The second-order valence-electron chi connectivity index (χ2n) is 9.02. The monoisotopic (exact) mass is 509 g/mol. The summed E-state index contributed by atoms with van der Waals surface area (Å²) in [5.41, 5.74) is 4.60. The highest BCUT2D eigenvalue weighted by Gasteiger charge is 2.21. The van der Waals surface area contributed by atoms with Crippen LogP contribution in [0.15, 0.2) is 42.7 Å². The minimum absolute atomic E-state index is 0. The number of hydrogen-bond acceptors (Lipinski definition) is 8. The Morgan fingerprint density at radius 1 is 1.14 bits per heavy atom. The highest BCUT2D eigenvalue weighted by molar-refractivity contribution is 7.59. The molecule has 0 unspecified atom stereocenters. The Bertz CT molecular complexity index is 1150. The number of amides is 1. The molecule has 3 aromatic rings. The number of nitrogens with zero attached hydrogens (tertiary/aromatic N) is 5. The molecule has 0 bridgehead atoms. The molecule has 192 valence electrons. The van der Waals surface area contributed by atoms with Gasteiger partial charge in [0.2, 0.25) is 5.91 Å². The summed E-state index contributed by atoms with van der Waals surface area (Å²) in [6.07, 6.45) is 5.03. The van der Waals surface area contributed by atoms with Crippen LogP contribution in [0, 0.1) is 0 Å². The Morgan fingerprint density at radius 2 is 1.92 bits per heavy atom. The fourth-order valence-electron chi connectivity index (χ4n) is 4.63. The zero-order valence-electron chi connectivity index (χ0n) is 20.7. The van der Waals surface area contributed by atoms with Gasteiger partial charge in [0.25, 0.3) is 0 Å². The molecule has 0 spiro atoms. The van der Waals surface area contributed by atoms with Crippen molar-refractivity contribution in [1.29, 1.82) is 0 Å². The number of aromatic nitrogens is 3. The summed E-state index contributed by atoms with van der Waals surface area (Å²) in [5, 5.41) is 6.79. The van der Waals surface area contributed by atoms with Gasteiger partial charge < -0.3 is 25.2 Å². The highest BCUT2D eigenvalue weighted by Crippen LogP contribution is 2.27. The number of pyridine rings is 1. The molecule has 2 aliphatic heterocycles. The van der Waals surface area contributed by atoms with Gasteiger partial charge >= 0.3 is 0 Å². The lowest BCUT2D eigenvalue weighted by Crippen LogP contribution is -2.48. The van der Waals surface area contributed by atoms with E-state index in [4.69, 9.17) is 9.72 Å². The smallest absolute Gasteiger partial charge is 0.222 e. The standard InChI is InChI=1S/C26H33N7O2.H2S/c1-2-3-24(34)33-13-11-32(12-14-33)20-6-4-19(5-7-20)22-16-23-25(29-9-8-28-23)26(31-22)30-18-21-17-27-10-15-35-21;/h4-9,16,21,27H,2-3,10-15,17-18H2,1H3,(H,30,31);1H2/t21-;/m0./s1. The molecule has 1 aromatic carbocycles. The molecule has 5 rings (SSSR count). The van der Waals surface area contributed by atoms with E-state index >= 15 is 0 Å². The molecule has 2 saturated heterocycles. The molecule has 0 radical (unpaired) electrons. The van der Waals surface area contributed by atoms with Gasteiger partial charge in [-0.05, 0) is 24.6 Å². The molecule has 10 heteroatoms. The summed E-state index contributed by atoms with van der Waals surface area (Å²) in [5.74, 6) is 0.986. The van der Waals surface area contributed by atoms with Gasteiger partial charge in [-0.2, -0.15) is 13.5 Å². The molecular formula is C26H35N7O2S. The first-order valence-electron chi connectivity index (χ1n) is 12.5. The third kappa shape index (κ3) is 6.05. The first-order chi connectivity index (χ1) is 17.2. The fraction of sp³-hybridized carbons (Fsp3) is 0.462. The van der Waals surface area contributed by atoms with Crippen molar-refractivity contribution in [3.05, 3.63) is 42.7 Å². The summed E-state index contributed by atoms with van der Waals surface area (Å²) in [6.45, 7) is 8.39. The van der Waals surface area contributed by atoms with Crippen LogP contribution in [0.5, 0.6) is 0 Å². The Balaban J connectivity index is 0.00000304. The van der Waals surface area contributed by atoms with Crippen molar-refractivity contribution in [2.45, 2.75) is 25.9 Å². The minimum Gasteiger partial charge on any atom is -0.374 e. The Labute approximate surface area is 219 Å². The number of carbonyl (C=O) groups is 1. The summed E-state index contributed by atoms with van der Waals surface area (Å²) in [4.78, 5) is 30.4. The molecular weight excluding hydrogens is 474 g/mol. The normalized spacial score (nSPS) is 18.1. The maximum absolute atomic E-state index is 12.2. The third-order valence-electron chi connectivity index (χ3n) is 6.58. The van der Waals surface area contributed by atoms with E-state index in [0.29, 0.717) is 13.0 Å². The molecule has 1 atom stereocenters. The number of nitrogens with one attached hydrogen (secondary N) is 2. The van der Waals surface area contributed by atoms with Crippen LogP contribution in [-0.2, 0) is 9.53 Å². The third-order valence-corrected chi connectivity index (χ3v) is 6.58. The lowest BCUT2D eigenvalue weighted by molar-refractivity contribution is -0.131. The number of carbonyl (C=O) groups excluding carboxylic acids is 1. The van der Waals surface area contributed by atoms with Gasteiger partial charge in [0.15, 0.2) is 5.82 Å². The van der Waals surface area contributed by atoms with Gasteiger partial charge in [0, 0.05) is 75.9 Å². The van der Waals surface area contributed by atoms with Crippen molar-refractivity contribution in [2.24, 2.45) is 0 Å². The number of anilines is 2. The second kappa shape index (κ2) is 12.3. The lowest BCUT2D eigenvalue weighted by Gasteiger charge is -2.36. The SMILES string of the molecule is CCCC(=O)N1CCN(c2ccc(-c3cc4nccnc4c(NC[C@@H]4CNCCO4)n3)cc2)CC1.S. The fourth-order valence-corrected chi connectivity index (χ4v) is 4.63. The predicted molar refractivity (Wildman–Crippen MR) is 148 cm³/mol. The van der Waals surface area contributed by atoms with Crippen molar-refractivity contribution in [1.82, 2.24) is 25.2 Å². The first kappa shape index (κ1) is 26.1. The number of morpholine rings is 1. The van der Waals surface area contributed by atoms with E-state index in [1.807, 2.05) is 17.9 Å². The van der Waals surface area contributed by atoms with Crippen LogP contribution in [0.2, 0.25) is 0 Å². The van der Waals surface area contributed by atoms with E-state index in [1.54, 1.807) is 12.4 Å². The Morgan fingerprint density at radius 3 is 2.64 bits per heavy atom. The van der Waals surface area contributed by atoms with E-state index in [2.05, 4.69) is 49.8 Å². The van der Waals surface area contributed by atoms with Crippen LogP contribution in [0.4, 0.5) is 11.5 Å². The summed E-state index contributed by atoms with van der Waals surface area (Å²) >= 11 is 0. The zero-order valence-corrected chi connectivity index (χ0v) is 21.7. The van der Waals surface area contributed by atoms with Crippen LogP contribution >= 0.6 is 13.5 Å². The summed E-state index contributed by atoms with van der Waals surface area (Å²) in [6, 6.07) is 10.5. The van der Waals surface area contributed by atoms with E-state index < -0.39 is 0 Å². The van der Waals surface area contributed by atoms with Crippen LogP contribution in [0.25, 0.3) is 22.3 Å². The van der Waals surface area contributed by atoms with Crippen molar-refractivity contribution in [3.63, 3.8) is 0 Å². The average Bonchev–Trinajstić information content (AvgIpc) is 2.92. The predicted octanol–water partition coefficient (Wildman–Crippen LogP) is 2.65. The van der Waals surface area contributed by atoms with Crippen molar-refractivity contribution >= 4 is 41.9 Å². The van der Waals surface area contributed by atoms with Gasteiger partial charge in [-0.25, -0.2) is 9.97 Å². The van der Waals surface area contributed by atoms with Gasteiger partial charge in [0.05, 0.1) is 23.9 Å². The molecule has 9 nitrogen and oxygen atoms in total.